The van der Waals surface area contributed by atoms with E-state index in [2.05, 4.69) is 33.6 Å². The predicted molar refractivity (Wildman–Crippen MR) is 89.5 cm³/mol. The molecule has 0 amide bonds. The molecule has 0 fully saturated rings. The molecule has 0 saturated heterocycles. The van der Waals surface area contributed by atoms with Gasteiger partial charge in [-0.3, -0.25) is 0 Å². The van der Waals surface area contributed by atoms with Crippen LogP contribution in [0, 0.1) is 5.92 Å². The molecule has 0 rings (SSSR count). The molecular formula is C18H27Cl. The lowest BCUT2D eigenvalue weighted by molar-refractivity contribution is 0.712. The van der Waals surface area contributed by atoms with Crippen molar-refractivity contribution in [2.75, 3.05) is 0 Å². The third kappa shape index (κ3) is 6.11. The maximum atomic E-state index is 6.31. The SMILES string of the molecule is C=CCCCC(=C)C(C)C(=C)/C(CC)=C(Cl)/C=C/C. The predicted octanol–water partition coefficient (Wildman–Crippen LogP) is 6.57. The Hall–Kier alpha value is -1.01. The minimum atomic E-state index is 0.277. The summed E-state index contributed by atoms with van der Waals surface area (Å²) in [6.45, 7) is 18.4. The monoisotopic (exact) mass is 278 g/mol. The van der Waals surface area contributed by atoms with E-state index in [0.717, 1.165) is 41.9 Å². The quantitative estimate of drug-likeness (QED) is 0.254. The van der Waals surface area contributed by atoms with Gasteiger partial charge in [-0.1, -0.05) is 56.3 Å². The van der Waals surface area contributed by atoms with E-state index in [1.165, 1.54) is 5.57 Å². The van der Waals surface area contributed by atoms with Crippen LogP contribution in [0.25, 0.3) is 0 Å². The molecule has 0 aromatic rings. The first-order valence-corrected chi connectivity index (χ1v) is 7.36. The van der Waals surface area contributed by atoms with Crippen molar-refractivity contribution in [1.29, 1.82) is 0 Å². The molecule has 0 bridgehead atoms. The fraction of sp³-hybridized carbons (Fsp3) is 0.444. The van der Waals surface area contributed by atoms with Crippen LogP contribution in [0.4, 0.5) is 0 Å². The van der Waals surface area contributed by atoms with Gasteiger partial charge < -0.3 is 0 Å². The normalized spacial score (nSPS) is 14.1. The molecular weight excluding hydrogens is 252 g/mol. The Bertz CT molecular complexity index is 382. The summed E-state index contributed by atoms with van der Waals surface area (Å²) in [4.78, 5) is 0. The Kier molecular flexibility index (Phi) is 9.34. The van der Waals surface area contributed by atoms with Crippen molar-refractivity contribution in [3.8, 4) is 0 Å². The molecule has 0 aliphatic rings. The van der Waals surface area contributed by atoms with Crippen molar-refractivity contribution >= 4 is 11.6 Å². The van der Waals surface area contributed by atoms with Crippen LogP contribution in [0.5, 0.6) is 0 Å². The molecule has 0 aromatic carbocycles. The summed E-state index contributed by atoms with van der Waals surface area (Å²) in [5.41, 5.74) is 3.45. The van der Waals surface area contributed by atoms with Crippen molar-refractivity contribution in [2.45, 2.75) is 46.5 Å². The smallest absolute Gasteiger partial charge is 0.0437 e. The highest BCUT2D eigenvalue weighted by Crippen LogP contribution is 2.31. The summed E-state index contributed by atoms with van der Waals surface area (Å²) >= 11 is 6.31. The fourth-order valence-corrected chi connectivity index (χ4v) is 2.37. The van der Waals surface area contributed by atoms with Gasteiger partial charge in [-0.25, -0.2) is 0 Å². The largest absolute Gasteiger partial charge is 0.103 e. The minimum Gasteiger partial charge on any atom is -0.103 e. The Balaban J connectivity index is 4.83. The summed E-state index contributed by atoms with van der Waals surface area (Å²) < 4.78 is 0. The van der Waals surface area contributed by atoms with Gasteiger partial charge in [-0.05, 0) is 49.8 Å². The van der Waals surface area contributed by atoms with E-state index in [9.17, 15) is 0 Å². The standard InChI is InChI=1S/C18H27Cl/c1-7-10-11-13-14(4)15(5)16(6)17(9-3)18(19)12-8-2/h7-8,12,15H,1,4,6,9-11,13H2,2-3,5H3/b12-8+,18-17-. The third-order valence-electron chi connectivity index (χ3n) is 3.38. The molecule has 106 valence electrons. The van der Waals surface area contributed by atoms with Crippen LogP contribution in [-0.2, 0) is 0 Å². The van der Waals surface area contributed by atoms with Gasteiger partial charge >= 0.3 is 0 Å². The van der Waals surface area contributed by atoms with Crippen LogP contribution < -0.4 is 0 Å². The summed E-state index contributed by atoms with van der Waals surface area (Å²) in [6, 6.07) is 0. The maximum Gasteiger partial charge on any atom is 0.0437 e. The highest BCUT2D eigenvalue weighted by molar-refractivity contribution is 6.31. The molecule has 0 saturated carbocycles. The van der Waals surface area contributed by atoms with Gasteiger partial charge in [0.1, 0.15) is 0 Å². The first-order valence-electron chi connectivity index (χ1n) is 6.98. The molecule has 19 heavy (non-hydrogen) atoms. The Morgan fingerprint density at radius 2 is 1.95 bits per heavy atom. The Morgan fingerprint density at radius 3 is 2.42 bits per heavy atom. The zero-order valence-electron chi connectivity index (χ0n) is 12.6. The summed E-state index contributed by atoms with van der Waals surface area (Å²) in [6.07, 6.45) is 9.89. The number of allylic oxidation sites excluding steroid dienone is 7. The number of rotatable bonds is 9. The van der Waals surface area contributed by atoms with Crippen LogP contribution in [0.2, 0.25) is 0 Å². The fourth-order valence-electron chi connectivity index (χ4n) is 1.99. The number of halogens is 1. The average molecular weight is 279 g/mol. The highest BCUT2D eigenvalue weighted by atomic mass is 35.5. The number of hydrogen-bond donors (Lipinski definition) is 0. The molecule has 0 N–H and O–H groups in total. The van der Waals surface area contributed by atoms with Crippen molar-refractivity contribution in [3.63, 3.8) is 0 Å². The second-order valence-corrected chi connectivity index (χ2v) is 5.17. The molecule has 0 aliphatic carbocycles. The van der Waals surface area contributed by atoms with E-state index in [1.807, 2.05) is 25.2 Å². The van der Waals surface area contributed by atoms with Gasteiger partial charge in [0.25, 0.3) is 0 Å². The summed E-state index contributed by atoms with van der Waals surface area (Å²) in [5.74, 6) is 0.277. The van der Waals surface area contributed by atoms with Crippen LogP contribution in [0.3, 0.4) is 0 Å². The average Bonchev–Trinajstić information content (AvgIpc) is 2.39. The molecule has 0 heterocycles. The zero-order valence-corrected chi connectivity index (χ0v) is 13.4. The number of unbranched alkanes of at least 4 members (excludes halogenated alkanes) is 1. The lowest BCUT2D eigenvalue weighted by Gasteiger charge is -2.20. The van der Waals surface area contributed by atoms with E-state index in [0.29, 0.717) is 0 Å². The third-order valence-corrected chi connectivity index (χ3v) is 3.74. The van der Waals surface area contributed by atoms with Gasteiger partial charge in [-0.15, -0.1) is 6.58 Å². The second kappa shape index (κ2) is 9.86. The number of hydrogen-bond acceptors (Lipinski definition) is 0. The van der Waals surface area contributed by atoms with E-state index < -0.39 is 0 Å². The first kappa shape index (κ1) is 18.0. The zero-order chi connectivity index (χ0) is 14.8. The Labute approximate surface area is 124 Å². The van der Waals surface area contributed by atoms with Crippen molar-refractivity contribution in [2.24, 2.45) is 5.92 Å². The lowest BCUT2D eigenvalue weighted by atomic mass is 9.86. The topological polar surface area (TPSA) is 0 Å². The van der Waals surface area contributed by atoms with Crippen molar-refractivity contribution in [3.05, 3.63) is 59.7 Å². The van der Waals surface area contributed by atoms with Crippen LogP contribution in [-0.4, -0.2) is 0 Å². The lowest BCUT2D eigenvalue weighted by Crippen LogP contribution is -2.05. The van der Waals surface area contributed by atoms with Gasteiger partial charge in [0.2, 0.25) is 0 Å². The van der Waals surface area contributed by atoms with E-state index in [4.69, 9.17) is 11.6 Å². The van der Waals surface area contributed by atoms with Gasteiger partial charge in [-0.2, -0.15) is 0 Å². The molecule has 1 unspecified atom stereocenters. The molecule has 0 aromatic heterocycles. The molecule has 0 nitrogen and oxygen atoms in total. The van der Waals surface area contributed by atoms with Crippen LogP contribution >= 0.6 is 11.6 Å². The Morgan fingerprint density at radius 1 is 1.32 bits per heavy atom. The molecule has 0 spiro atoms. The van der Waals surface area contributed by atoms with Crippen molar-refractivity contribution in [1.82, 2.24) is 0 Å². The molecule has 0 radical (unpaired) electrons. The first-order chi connectivity index (χ1) is 8.99. The van der Waals surface area contributed by atoms with Crippen LogP contribution in [0.1, 0.15) is 46.5 Å². The molecule has 1 atom stereocenters. The van der Waals surface area contributed by atoms with E-state index in [1.54, 1.807) is 0 Å². The van der Waals surface area contributed by atoms with Gasteiger partial charge in [0, 0.05) is 11.0 Å². The van der Waals surface area contributed by atoms with Crippen molar-refractivity contribution < 1.29 is 0 Å². The maximum absolute atomic E-state index is 6.31. The van der Waals surface area contributed by atoms with Gasteiger partial charge in [0.05, 0.1) is 0 Å². The van der Waals surface area contributed by atoms with Gasteiger partial charge in [0.15, 0.2) is 0 Å². The second-order valence-electron chi connectivity index (χ2n) is 4.77. The highest BCUT2D eigenvalue weighted by Gasteiger charge is 2.15. The van der Waals surface area contributed by atoms with E-state index >= 15 is 0 Å². The minimum absolute atomic E-state index is 0.277. The van der Waals surface area contributed by atoms with Crippen LogP contribution in [0.15, 0.2) is 59.7 Å². The molecule has 1 heteroatoms. The molecule has 0 aliphatic heterocycles. The summed E-state index contributed by atoms with van der Waals surface area (Å²) in [5, 5.41) is 0.792. The summed E-state index contributed by atoms with van der Waals surface area (Å²) in [7, 11) is 0. The van der Waals surface area contributed by atoms with E-state index in [-0.39, 0.29) is 5.92 Å².